The molecule has 0 aromatic rings. The standard InChI is InChI=1S/C7H15N.C3H9N.ClH/c1-4-5-8-6-7(2)3;1-4(2)3;/h8H,2,4-6H2,1,3H3;1-3H3;1H. The number of hydrogen-bond acceptors (Lipinski definition) is 2. The number of hydrogen-bond donors (Lipinski definition) is 1. The van der Waals surface area contributed by atoms with E-state index in [1.54, 1.807) is 0 Å². The first-order chi connectivity index (χ1) is 5.50. The lowest BCUT2D eigenvalue weighted by Crippen LogP contribution is -2.16. The van der Waals surface area contributed by atoms with E-state index in [1.807, 2.05) is 33.0 Å². The van der Waals surface area contributed by atoms with E-state index in [1.165, 1.54) is 12.0 Å². The van der Waals surface area contributed by atoms with Crippen molar-refractivity contribution in [2.24, 2.45) is 0 Å². The molecule has 0 saturated heterocycles. The van der Waals surface area contributed by atoms with Gasteiger partial charge in [-0.05, 0) is 41.0 Å². The molecule has 0 bridgehead atoms. The van der Waals surface area contributed by atoms with E-state index in [4.69, 9.17) is 0 Å². The fraction of sp³-hybridized carbons (Fsp3) is 0.800. The fourth-order valence-corrected chi connectivity index (χ4v) is 0.479. The van der Waals surface area contributed by atoms with Crippen LogP contribution in [0, 0.1) is 0 Å². The highest BCUT2D eigenvalue weighted by molar-refractivity contribution is 5.85. The second kappa shape index (κ2) is 14.5. The molecule has 0 aliphatic carbocycles. The Kier molecular flexibility index (Phi) is 20.8. The van der Waals surface area contributed by atoms with E-state index in [-0.39, 0.29) is 12.4 Å². The van der Waals surface area contributed by atoms with E-state index >= 15 is 0 Å². The summed E-state index contributed by atoms with van der Waals surface area (Å²) in [6, 6.07) is 0. The van der Waals surface area contributed by atoms with E-state index in [9.17, 15) is 0 Å². The summed E-state index contributed by atoms with van der Waals surface area (Å²) in [7, 11) is 6.00. The van der Waals surface area contributed by atoms with Crippen LogP contribution in [0.2, 0.25) is 0 Å². The maximum atomic E-state index is 3.76. The summed E-state index contributed by atoms with van der Waals surface area (Å²) < 4.78 is 0. The van der Waals surface area contributed by atoms with E-state index in [0.717, 1.165) is 13.1 Å². The third-order valence-electron chi connectivity index (χ3n) is 0.854. The van der Waals surface area contributed by atoms with Gasteiger partial charge in [0, 0.05) is 6.54 Å². The van der Waals surface area contributed by atoms with Gasteiger partial charge >= 0.3 is 0 Å². The maximum Gasteiger partial charge on any atom is 0.0159 e. The lowest BCUT2D eigenvalue weighted by Gasteiger charge is -1.98. The average Bonchev–Trinajstić information content (AvgIpc) is 1.86. The third kappa shape index (κ3) is 48.3. The minimum absolute atomic E-state index is 0. The molecule has 0 aliphatic heterocycles. The molecule has 0 unspecified atom stereocenters. The Morgan fingerprint density at radius 2 is 1.69 bits per heavy atom. The first-order valence-corrected chi connectivity index (χ1v) is 4.46. The van der Waals surface area contributed by atoms with Crippen molar-refractivity contribution in [3.8, 4) is 0 Å². The van der Waals surface area contributed by atoms with Gasteiger partial charge in [-0.2, -0.15) is 0 Å². The quantitative estimate of drug-likeness (QED) is 0.563. The van der Waals surface area contributed by atoms with Crippen molar-refractivity contribution in [1.29, 1.82) is 0 Å². The molecule has 13 heavy (non-hydrogen) atoms. The third-order valence-corrected chi connectivity index (χ3v) is 0.854. The van der Waals surface area contributed by atoms with Crippen molar-refractivity contribution < 1.29 is 0 Å². The highest BCUT2D eigenvalue weighted by Crippen LogP contribution is 1.80. The average molecular weight is 209 g/mol. The van der Waals surface area contributed by atoms with Gasteiger partial charge in [-0.25, -0.2) is 0 Å². The highest BCUT2D eigenvalue weighted by Gasteiger charge is 1.81. The smallest absolute Gasteiger partial charge is 0.0159 e. The maximum absolute atomic E-state index is 3.76. The number of halogens is 1. The van der Waals surface area contributed by atoms with Crippen LogP contribution in [-0.2, 0) is 0 Å². The Labute approximate surface area is 89.8 Å². The van der Waals surface area contributed by atoms with Crippen molar-refractivity contribution >= 4 is 12.4 Å². The molecule has 82 valence electrons. The summed E-state index contributed by atoms with van der Waals surface area (Å²) >= 11 is 0. The summed E-state index contributed by atoms with van der Waals surface area (Å²) in [5, 5.41) is 3.23. The zero-order valence-corrected chi connectivity index (χ0v) is 10.5. The molecular weight excluding hydrogens is 184 g/mol. The van der Waals surface area contributed by atoms with Gasteiger partial charge < -0.3 is 10.2 Å². The van der Waals surface area contributed by atoms with Gasteiger partial charge in [0.05, 0.1) is 0 Å². The molecule has 0 rings (SSSR count). The predicted octanol–water partition coefficient (Wildman–Crippen LogP) is 2.16. The zero-order chi connectivity index (χ0) is 9.98. The first kappa shape index (κ1) is 18.7. The molecular formula is C10H25ClN2. The molecule has 0 saturated carbocycles. The molecule has 0 aliphatic rings. The summed E-state index contributed by atoms with van der Waals surface area (Å²) in [6.07, 6.45) is 1.20. The van der Waals surface area contributed by atoms with Gasteiger partial charge in [-0.1, -0.05) is 19.1 Å². The Balaban J connectivity index is -0.000000173. The Hall–Kier alpha value is -0.0500. The van der Waals surface area contributed by atoms with Gasteiger partial charge in [0.15, 0.2) is 0 Å². The summed E-state index contributed by atoms with van der Waals surface area (Å²) in [5.41, 5.74) is 1.21. The van der Waals surface area contributed by atoms with Crippen LogP contribution in [0.3, 0.4) is 0 Å². The first-order valence-electron chi connectivity index (χ1n) is 4.46. The van der Waals surface area contributed by atoms with Crippen LogP contribution in [0.4, 0.5) is 0 Å². The topological polar surface area (TPSA) is 15.3 Å². The molecule has 0 radical (unpaired) electrons. The molecule has 0 atom stereocenters. The second-order valence-electron chi connectivity index (χ2n) is 3.48. The van der Waals surface area contributed by atoms with Crippen molar-refractivity contribution in [3.05, 3.63) is 12.2 Å². The molecule has 1 N–H and O–H groups in total. The van der Waals surface area contributed by atoms with Gasteiger partial charge in [0.2, 0.25) is 0 Å². The highest BCUT2D eigenvalue weighted by atomic mass is 35.5. The van der Waals surface area contributed by atoms with Gasteiger partial charge in [-0.15, -0.1) is 12.4 Å². The minimum atomic E-state index is 0. The van der Waals surface area contributed by atoms with Crippen LogP contribution in [0.25, 0.3) is 0 Å². The molecule has 0 fully saturated rings. The number of nitrogens with zero attached hydrogens (tertiary/aromatic N) is 1. The predicted molar refractivity (Wildman–Crippen MR) is 64.8 cm³/mol. The van der Waals surface area contributed by atoms with Gasteiger partial charge in [-0.3, -0.25) is 0 Å². The van der Waals surface area contributed by atoms with Crippen LogP contribution in [0.15, 0.2) is 12.2 Å². The van der Waals surface area contributed by atoms with Crippen molar-refractivity contribution in [2.45, 2.75) is 20.3 Å². The number of rotatable bonds is 4. The normalized spacial score (nSPS) is 8.46. The second-order valence-corrected chi connectivity index (χ2v) is 3.48. The monoisotopic (exact) mass is 208 g/mol. The lowest BCUT2D eigenvalue weighted by molar-refractivity contribution is 0.505. The van der Waals surface area contributed by atoms with E-state index in [0.29, 0.717) is 0 Å². The molecule has 2 nitrogen and oxygen atoms in total. The molecule has 0 spiro atoms. The largest absolute Gasteiger partial charge is 0.313 e. The lowest BCUT2D eigenvalue weighted by atomic mass is 10.3. The molecule has 0 aromatic heterocycles. The Bertz CT molecular complexity index is 100. The minimum Gasteiger partial charge on any atom is -0.313 e. The van der Waals surface area contributed by atoms with Crippen molar-refractivity contribution in [2.75, 3.05) is 34.2 Å². The van der Waals surface area contributed by atoms with Crippen LogP contribution in [0.5, 0.6) is 0 Å². The Morgan fingerprint density at radius 1 is 1.31 bits per heavy atom. The summed E-state index contributed by atoms with van der Waals surface area (Å²) in [4.78, 5) is 2.00. The molecule has 0 aromatic carbocycles. The van der Waals surface area contributed by atoms with Crippen molar-refractivity contribution in [1.82, 2.24) is 10.2 Å². The van der Waals surface area contributed by atoms with Gasteiger partial charge in [0.1, 0.15) is 0 Å². The zero-order valence-electron chi connectivity index (χ0n) is 9.68. The Morgan fingerprint density at radius 3 is 1.92 bits per heavy atom. The van der Waals surface area contributed by atoms with E-state index < -0.39 is 0 Å². The summed E-state index contributed by atoms with van der Waals surface area (Å²) in [6.45, 7) is 10.0. The molecule has 0 amide bonds. The van der Waals surface area contributed by atoms with E-state index in [2.05, 4.69) is 18.8 Å². The van der Waals surface area contributed by atoms with Crippen LogP contribution in [-0.4, -0.2) is 39.1 Å². The van der Waals surface area contributed by atoms with Crippen molar-refractivity contribution in [3.63, 3.8) is 0 Å². The molecule has 3 heteroatoms. The molecule has 0 heterocycles. The van der Waals surface area contributed by atoms with Gasteiger partial charge in [0.25, 0.3) is 0 Å². The van der Waals surface area contributed by atoms with Crippen LogP contribution in [0.1, 0.15) is 20.3 Å². The number of nitrogens with one attached hydrogen (secondary N) is 1. The van der Waals surface area contributed by atoms with Crippen LogP contribution < -0.4 is 5.32 Å². The SMILES string of the molecule is C=C(C)CNCCC.CN(C)C.Cl. The fourth-order valence-electron chi connectivity index (χ4n) is 0.479. The van der Waals surface area contributed by atoms with Crippen LogP contribution >= 0.6 is 12.4 Å². The summed E-state index contributed by atoms with van der Waals surface area (Å²) in [5.74, 6) is 0.